The van der Waals surface area contributed by atoms with E-state index in [0.29, 0.717) is 33.3 Å². The van der Waals surface area contributed by atoms with E-state index < -0.39 is 5.97 Å². The van der Waals surface area contributed by atoms with Gasteiger partial charge in [0.1, 0.15) is 5.00 Å². The highest BCUT2D eigenvalue weighted by Crippen LogP contribution is 2.43. The predicted molar refractivity (Wildman–Crippen MR) is 160 cm³/mol. The van der Waals surface area contributed by atoms with Crippen LogP contribution in [-0.4, -0.2) is 24.0 Å². The summed E-state index contributed by atoms with van der Waals surface area (Å²) < 4.78 is 6.02. The monoisotopic (exact) mass is 596 g/mol. The fourth-order valence-corrected chi connectivity index (χ4v) is 6.99. The zero-order valence-electron chi connectivity index (χ0n) is 21.2. The molecule has 2 aromatic heterocycles. The molecule has 1 unspecified atom stereocenters. The van der Waals surface area contributed by atoms with Crippen LogP contribution in [0.25, 0.3) is 22.2 Å². The largest absolute Gasteiger partial charge is 0.465 e. The Bertz CT molecular complexity index is 1700. The Hall–Kier alpha value is -3.81. The van der Waals surface area contributed by atoms with Gasteiger partial charge < -0.3 is 10.1 Å². The molecule has 6 rings (SSSR count). The van der Waals surface area contributed by atoms with Gasteiger partial charge in [-0.3, -0.25) is 4.79 Å². The number of nitrogens with zero attached hydrogens (tertiary/aromatic N) is 1. The van der Waals surface area contributed by atoms with Crippen LogP contribution in [0.1, 0.15) is 49.1 Å². The number of nitrogens with one attached hydrogen (secondary N) is 1. The molecule has 0 saturated carbocycles. The first-order chi connectivity index (χ1) is 19.0. The molecule has 0 bridgehead atoms. The highest BCUT2D eigenvalue weighted by atomic mass is 79.9. The van der Waals surface area contributed by atoms with Gasteiger partial charge in [0.15, 0.2) is 0 Å². The Kier molecular flexibility index (Phi) is 7.02. The first kappa shape index (κ1) is 25.5. The standard InChI is InChI=1S/C32H25BrN2O3S/c1-38-32(37)29-23-14-12-21(19-8-4-2-5-9-19)16-28(23)39-31(29)35-30(36)25-18-27(20-10-6-3-7-11-20)34-26-15-13-22(33)17-24(25)26/h2-11,13,15,17-18,21H,12,14,16H2,1H3,(H,35,36). The van der Waals surface area contributed by atoms with E-state index in [1.165, 1.54) is 24.0 Å². The van der Waals surface area contributed by atoms with Crippen LogP contribution in [0.4, 0.5) is 5.00 Å². The number of pyridine rings is 1. The topological polar surface area (TPSA) is 68.3 Å². The minimum atomic E-state index is -0.423. The van der Waals surface area contributed by atoms with Crippen LogP contribution in [0.15, 0.2) is 89.4 Å². The zero-order chi connectivity index (χ0) is 26.9. The number of hydrogen-bond donors (Lipinski definition) is 1. The van der Waals surface area contributed by atoms with Crippen molar-refractivity contribution in [1.29, 1.82) is 0 Å². The molecule has 3 aromatic carbocycles. The third-order valence-electron chi connectivity index (χ3n) is 7.24. The summed E-state index contributed by atoms with van der Waals surface area (Å²) in [5.74, 6) is -0.337. The number of carbonyl (C=O) groups excluding carboxylic acids is 2. The van der Waals surface area contributed by atoms with Gasteiger partial charge in [0.25, 0.3) is 5.91 Å². The van der Waals surface area contributed by atoms with E-state index in [4.69, 9.17) is 9.72 Å². The number of amides is 1. The van der Waals surface area contributed by atoms with Gasteiger partial charge in [-0.05, 0) is 60.6 Å². The molecule has 5 aromatic rings. The Morgan fingerprint density at radius 3 is 2.49 bits per heavy atom. The molecule has 1 aliphatic rings. The van der Waals surface area contributed by atoms with E-state index in [1.807, 2.05) is 60.7 Å². The summed E-state index contributed by atoms with van der Waals surface area (Å²) in [7, 11) is 1.38. The van der Waals surface area contributed by atoms with Crippen LogP contribution in [0.5, 0.6) is 0 Å². The molecule has 1 atom stereocenters. The molecule has 0 fully saturated rings. The van der Waals surface area contributed by atoms with Crippen LogP contribution in [0.2, 0.25) is 0 Å². The Labute approximate surface area is 239 Å². The molecule has 194 valence electrons. The maximum absolute atomic E-state index is 13.9. The van der Waals surface area contributed by atoms with Gasteiger partial charge in [-0.15, -0.1) is 11.3 Å². The van der Waals surface area contributed by atoms with Crippen molar-refractivity contribution in [2.45, 2.75) is 25.2 Å². The van der Waals surface area contributed by atoms with Crippen LogP contribution in [0, 0.1) is 0 Å². The van der Waals surface area contributed by atoms with E-state index in [-0.39, 0.29) is 5.91 Å². The predicted octanol–water partition coefficient (Wildman–Crippen LogP) is 8.04. The number of anilines is 1. The van der Waals surface area contributed by atoms with Gasteiger partial charge in [-0.1, -0.05) is 76.6 Å². The number of halogens is 1. The van der Waals surface area contributed by atoms with Crippen LogP contribution >= 0.6 is 27.3 Å². The summed E-state index contributed by atoms with van der Waals surface area (Å²) in [6.45, 7) is 0. The smallest absolute Gasteiger partial charge is 0.341 e. The normalized spacial score (nSPS) is 14.6. The molecular weight excluding hydrogens is 572 g/mol. The summed E-state index contributed by atoms with van der Waals surface area (Å²) in [6.07, 6.45) is 2.52. The van der Waals surface area contributed by atoms with Crippen molar-refractivity contribution in [2.24, 2.45) is 0 Å². The summed E-state index contributed by atoms with van der Waals surface area (Å²) in [6, 6.07) is 27.8. The average Bonchev–Trinajstić information content (AvgIpc) is 3.34. The van der Waals surface area contributed by atoms with Crippen molar-refractivity contribution in [1.82, 2.24) is 4.98 Å². The Morgan fingerprint density at radius 2 is 1.74 bits per heavy atom. The zero-order valence-corrected chi connectivity index (χ0v) is 23.6. The minimum absolute atomic E-state index is 0.291. The first-order valence-electron chi connectivity index (χ1n) is 12.8. The molecule has 1 N–H and O–H groups in total. The second kappa shape index (κ2) is 10.8. The van der Waals surface area contributed by atoms with E-state index in [2.05, 4.69) is 45.5 Å². The number of carbonyl (C=O) groups is 2. The lowest BCUT2D eigenvalue weighted by molar-refractivity contribution is 0.0601. The lowest BCUT2D eigenvalue weighted by Gasteiger charge is -2.22. The van der Waals surface area contributed by atoms with Gasteiger partial charge in [-0.25, -0.2) is 9.78 Å². The minimum Gasteiger partial charge on any atom is -0.465 e. The maximum Gasteiger partial charge on any atom is 0.341 e. The summed E-state index contributed by atoms with van der Waals surface area (Å²) in [5, 5.41) is 4.34. The molecule has 0 spiro atoms. The summed E-state index contributed by atoms with van der Waals surface area (Å²) in [4.78, 5) is 32.8. The molecule has 39 heavy (non-hydrogen) atoms. The number of ether oxygens (including phenoxy) is 1. The molecule has 7 heteroatoms. The number of thiophene rings is 1. The first-order valence-corrected chi connectivity index (χ1v) is 14.4. The van der Waals surface area contributed by atoms with Crippen LogP contribution in [0.3, 0.4) is 0 Å². The quantitative estimate of drug-likeness (QED) is 0.208. The second-order valence-electron chi connectivity index (χ2n) is 9.59. The fraction of sp³-hybridized carbons (Fsp3) is 0.156. The van der Waals surface area contributed by atoms with Gasteiger partial charge >= 0.3 is 5.97 Å². The van der Waals surface area contributed by atoms with Gasteiger partial charge in [0.2, 0.25) is 0 Å². The van der Waals surface area contributed by atoms with E-state index in [1.54, 1.807) is 0 Å². The molecule has 0 aliphatic heterocycles. The average molecular weight is 598 g/mol. The van der Waals surface area contributed by atoms with Crippen LogP contribution in [-0.2, 0) is 17.6 Å². The van der Waals surface area contributed by atoms with Crippen molar-refractivity contribution >= 4 is 55.0 Å². The van der Waals surface area contributed by atoms with Gasteiger partial charge in [0.05, 0.1) is 29.4 Å². The van der Waals surface area contributed by atoms with Crippen molar-refractivity contribution in [2.75, 3.05) is 12.4 Å². The molecule has 0 radical (unpaired) electrons. The Morgan fingerprint density at radius 1 is 1.00 bits per heavy atom. The second-order valence-corrected chi connectivity index (χ2v) is 11.6. The molecule has 2 heterocycles. The van der Waals surface area contributed by atoms with Crippen molar-refractivity contribution in [3.8, 4) is 11.3 Å². The summed E-state index contributed by atoms with van der Waals surface area (Å²) >= 11 is 5.01. The third kappa shape index (κ3) is 5.00. The van der Waals surface area contributed by atoms with E-state index >= 15 is 0 Å². The van der Waals surface area contributed by atoms with Gasteiger partial charge in [0, 0.05) is 20.3 Å². The van der Waals surface area contributed by atoms with E-state index in [9.17, 15) is 9.59 Å². The third-order valence-corrected chi connectivity index (χ3v) is 8.90. The number of aromatic nitrogens is 1. The molecule has 0 saturated heterocycles. The number of hydrogen-bond acceptors (Lipinski definition) is 5. The molecular formula is C32H25BrN2O3S. The lowest BCUT2D eigenvalue weighted by Crippen LogP contribution is -2.16. The Balaban J connectivity index is 1.40. The van der Waals surface area contributed by atoms with Crippen LogP contribution < -0.4 is 5.32 Å². The molecule has 1 amide bonds. The molecule has 1 aliphatic carbocycles. The van der Waals surface area contributed by atoms with Crippen molar-refractivity contribution in [3.05, 3.63) is 117 Å². The number of esters is 1. The fourth-order valence-electron chi connectivity index (χ4n) is 5.31. The number of fused-ring (bicyclic) bond motifs is 2. The highest BCUT2D eigenvalue weighted by Gasteiger charge is 2.31. The van der Waals surface area contributed by atoms with Crippen molar-refractivity contribution < 1.29 is 14.3 Å². The summed E-state index contributed by atoms with van der Waals surface area (Å²) in [5.41, 5.74) is 5.59. The van der Waals surface area contributed by atoms with E-state index in [0.717, 1.165) is 45.1 Å². The number of rotatable bonds is 5. The molecule has 5 nitrogen and oxygen atoms in total. The maximum atomic E-state index is 13.9. The number of benzene rings is 3. The number of methoxy groups -OCH3 is 1. The van der Waals surface area contributed by atoms with Crippen molar-refractivity contribution in [3.63, 3.8) is 0 Å². The lowest BCUT2D eigenvalue weighted by atomic mass is 9.83. The van der Waals surface area contributed by atoms with Gasteiger partial charge in [-0.2, -0.15) is 0 Å². The highest BCUT2D eigenvalue weighted by molar-refractivity contribution is 9.10. The SMILES string of the molecule is COC(=O)c1c(NC(=O)c2cc(-c3ccccc3)nc3ccc(Br)cc23)sc2c1CCC(c1ccccc1)C2.